The number of nitrogens with one attached hydrogen (secondary N) is 2. The van der Waals surface area contributed by atoms with E-state index in [1.54, 1.807) is 6.20 Å². The second kappa shape index (κ2) is 8.68. The number of aromatic nitrogens is 2. The molecular weight excluding hydrogens is 348 g/mol. The Balaban J connectivity index is 1.47. The SMILES string of the molecule is c1ccc(CNc2ccnc(Nc3ccccc3Oc3ccccc3)n2)cc1. The average Bonchev–Trinajstić information content (AvgIpc) is 2.75. The van der Waals surface area contributed by atoms with Crippen LogP contribution in [0.2, 0.25) is 0 Å². The van der Waals surface area contributed by atoms with Gasteiger partial charge in [0, 0.05) is 12.7 Å². The van der Waals surface area contributed by atoms with E-state index in [2.05, 4.69) is 32.7 Å². The van der Waals surface area contributed by atoms with Crippen LogP contribution < -0.4 is 15.4 Å². The minimum absolute atomic E-state index is 0.502. The third-order valence-electron chi connectivity index (χ3n) is 4.08. The summed E-state index contributed by atoms with van der Waals surface area (Å²) in [5.74, 6) is 2.74. The summed E-state index contributed by atoms with van der Waals surface area (Å²) in [6, 6.07) is 29.4. The molecule has 0 fully saturated rings. The van der Waals surface area contributed by atoms with Crippen LogP contribution in [0, 0.1) is 0 Å². The molecule has 4 aromatic rings. The van der Waals surface area contributed by atoms with Gasteiger partial charge in [-0.1, -0.05) is 60.7 Å². The molecule has 2 N–H and O–H groups in total. The molecule has 0 aliphatic heterocycles. The fraction of sp³-hybridized carbons (Fsp3) is 0.0435. The van der Waals surface area contributed by atoms with Crippen LogP contribution in [-0.2, 0) is 6.54 Å². The first-order valence-electron chi connectivity index (χ1n) is 9.07. The number of rotatable bonds is 7. The van der Waals surface area contributed by atoms with Crippen molar-refractivity contribution < 1.29 is 4.74 Å². The Hall–Kier alpha value is -3.86. The largest absolute Gasteiger partial charge is 0.455 e. The molecule has 0 bridgehead atoms. The molecule has 0 aliphatic rings. The van der Waals surface area contributed by atoms with Crippen LogP contribution in [0.5, 0.6) is 11.5 Å². The molecule has 0 amide bonds. The van der Waals surface area contributed by atoms with Crippen molar-refractivity contribution in [2.75, 3.05) is 10.6 Å². The van der Waals surface area contributed by atoms with Gasteiger partial charge in [0.25, 0.3) is 0 Å². The van der Waals surface area contributed by atoms with E-state index in [9.17, 15) is 0 Å². The zero-order valence-electron chi connectivity index (χ0n) is 15.2. The summed E-state index contributed by atoms with van der Waals surface area (Å²) in [5, 5.41) is 6.56. The maximum absolute atomic E-state index is 5.98. The summed E-state index contributed by atoms with van der Waals surface area (Å²) < 4.78 is 5.98. The van der Waals surface area contributed by atoms with E-state index in [1.165, 1.54) is 5.56 Å². The molecule has 0 unspecified atom stereocenters. The lowest BCUT2D eigenvalue weighted by molar-refractivity contribution is 0.485. The minimum Gasteiger partial charge on any atom is -0.455 e. The Labute approximate surface area is 164 Å². The molecule has 0 radical (unpaired) electrons. The van der Waals surface area contributed by atoms with Gasteiger partial charge in [-0.25, -0.2) is 4.98 Å². The molecule has 3 aromatic carbocycles. The number of benzene rings is 3. The summed E-state index contributed by atoms with van der Waals surface area (Å²) in [6.07, 6.45) is 1.73. The summed E-state index contributed by atoms with van der Waals surface area (Å²) in [5.41, 5.74) is 1.99. The minimum atomic E-state index is 0.502. The Morgan fingerprint density at radius 2 is 1.46 bits per heavy atom. The van der Waals surface area contributed by atoms with Gasteiger partial charge in [0.15, 0.2) is 5.75 Å². The Bertz CT molecular complexity index is 1020. The highest BCUT2D eigenvalue weighted by Gasteiger charge is 2.07. The van der Waals surface area contributed by atoms with Crippen molar-refractivity contribution in [3.8, 4) is 11.5 Å². The summed E-state index contributed by atoms with van der Waals surface area (Å²) in [7, 11) is 0. The molecule has 1 heterocycles. The van der Waals surface area contributed by atoms with Gasteiger partial charge < -0.3 is 15.4 Å². The van der Waals surface area contributed by atoms with Gasteiger partial charge in [-0.3, -0.25) is 0 Å². The quantitative estimate of drug-likeness (QED) is 0.443. The fourth-order valence-electron chi connectivity index (χ4n) is 2.70. The number of hydrogen-bond acceptors (Lipinski definition) is 5. The second-order valence-corrected chi connectivity index (χ2v) is 6.14. The Kier molecular flexibility index (Phi) is 5.44. The van der Waals surface area contributed by atoms with Crippen molar-refractivity contribution in [2.24, 2.45) is 0 Å². The van der Waals surface area contributed by atoms with Gasteiger partial charge in [0.1, 0.15) is 11.6 Å². The van der Waals surface area contributed by atoms with Crippen LogP contribution in [0.4, 0.5) is 17.5 Å². The maximum atomic E-state index is 5.98. The molecule has 4 rings (SSSR count). The van der Waals surface area contributed by atoms with E-state index in [0.717, 1.165) is 17.3 Å². The normalized spacial score (nSPS) is 10.3. The molecule has 5 heteroatoms. The summed E-state index contributed by atoms with van der Waals surface area (Å²) >= 11 is 0. The van der Waals surface area contributed by atoms with Crippen molar-refractivity contribution >= 4 is 17.5 Å². The Morgan fingerprint density at radius 3 is 2.29 bits per heavy atom. The lowest BCUT2D eigenvalue weighted by atomic mass is 10.2. The van der Waals surface area contributed by atoms with Gasteiger partial charge in [0.2, 0.25) is 5.95 Å². The average molecular weight is 368 g/mol. The predicted octanol–water partition coefficient (Wildman–Crippen LogP) is 5.62. The smallest absolute Gasteiger partial charge is 0.229 e. The molecule has 28 heavy (non-hydrogen) atoms. The van der Waals surface area contributed by atoms with Crippen LogP contribution in [0.1, 0.15) is 5.56 Å². The molecular formula is C23H20N4O. The van der Waals surface area contributed by atoms with Gasteiger partial charge in [-0.05, 0) is 35.9 Å². The van der Waals surface area contributed by atoms with Crippen LogP contribution in [0.25, 0.3) is 0 Å². The van der Waals surface area contributed by atoms with E-state index < -0.39 is 0 Å². The lowest BCUT2D eigenvalue weighted by Gasteiger charge is -2.13. The van der Waals surface area contributed by atoms with Crippen molar-refractivity contribution in [3.05, 3.63) is 103 Å². The predicted molar refractivity (Wildman–Crippen MR) is 112 cm³/mol. The molecule has 0 saturated heterocycles. The van der Waals surface area contributed by atoms with Crippen molar-refractivity contribution in [2.45, 2.75) is 6.54 Å². The first kappa shape index (κ1) is 17.5. The van der Waals surface area contributed by atoms with Crippen molar-refractivity contribution in [1.29, 1.82) is 0 Å². The van der Waals surface area contributed by atoms with E-state index in [0.29, 0.717) is 18.2 Å². The standard InChI is InChI=1S/C23H20N4O/c1-3-9-18(10-4-1)17-25-22-15-16-24-23(27-22)26-20-13-7-8-14-21(20)28-19-11-5-2-6-12-19/h1-16H,17H2,(H2,24,25,26,27). The first-order chi connectivity index (χ1) is 13.9. The number of hydrogen-bond donors (Lipinski definition) is 2. The monoisotopic (exact) mass is 368 g/mol. The van der Waals surface area contributed by atoms with Gasteiger partial charge in [-0.15, -0.1) is 0 Å². The van der Waals surface area contributed by atoms with Crippen molar-refractivity contribution in [1.82, 2.24) is 9.97 Å². The highest BCUT2D eigenvalue weighted by Crippen LogP contribution is 2.30. The molecule has 138 valence electrons. The lowest BCUT2D eigenvalue weighted by Crippen LogP contribution is -2.04. The van der Waals surface area contributed by atoms with E-state index in [1.807, 2.05) is 78.9 Å². The topological polar surface area (TPSA) is 59.1 Å². The third-order valence-corrected chi connectivity index (χ3v) is 4.08. The van der Waals surface area contributed by atoms with E-state index in [4.69, 9.17) is 4.74 Å². The number of anilines is 3. The fourth-order valence-corrected chi connectivity index (χ4v) is 2.70. The summed E-state index contributed by atoms with van der Waals surface area (Å²) in [6.45, 7) is 0.699. The van der Waals surface area contributed by atoms with Crippen LogP contribution in [0.3, 0.4) is 0 Å². The zero-order valence-corrected chi connectivity index (χ0v) is 15.2. The van der Waals surface area contributed by atoms with Crippen LogP contribution in [-0.4, -0.2) is 9.97 Å². The molecule has 0 spiro atoms. The number of ether oxygens (including phenoxy) is 1. The molecule has 5 nitrogen and oxygen atoms in total. The molecule has 1 aromatic heterocycles. The van der Waals surface area contributed by atoms with E-state index in [-0.39, 0.29) is 0 Å². The first-order valence-corrected chi connectivity index (χ1v) is 9.07. The zero-order chi connectivity index (χ0) is 19.0. The van der Waals surface area contributed by atoms with Gasteiger partial charge >= 0.3 is 0 Å². The van der Waals surface area contributed by atoms with Gasteiger partial charge in [-0.2, -0.15) is 4.98 Å². The number of para-hydroxylation sites is 3. The second-order valence-electron chi connectivity index (χ2n) is 6.14. The van der Waals surface area contributed by atoms with Crippen LogP contribution in [0.15, 0.2) is 97.2 Å². The highest BCUT2D eigenvalue weighted by molar-refractivity contribution is 5.63. The van der Waals surface area contributed by atoms with Crippen LogP contribution >= 0.6 is 0 Å². The molecule has 0 saturated carbocycles. The molecule has 0 atom stereocenters. The maximum Gasteiger partial charge on any atom is 0.229 e. The third kappa shape index (κ3) is 4.65. The van der Waals surface area contributed by atoms with Crippen molar-refractivity contribution in [3.63, 3.8) is 0 Å². The van der Waals surface area contributed by atoms with Gasteiger partial charge in [0.05, 0.1) is 5.69 Å². The molecule has 0 aliphatic carbocycles. The highest BCUT2D eigenvalue weighted by atomic mass is 16.5. The number of nitrogens with zero attached hydrogens (tertiary/aromatic N) is 2. The summed E-state index contributed by atoms with van der Waals surface area (Å²) in [4.78, 5) is 8.86. The van der Waals surface area contributed by atoms with E-state index >= 15 is 0 Å². The Morgan fingerprint density at radius 1 is 0.750 bits per heavy atom.